The molecule has 1 atom stereocenters. The highest BCUT2D eigenvalue weighted by atomic mass is 19.3. The van der Waals surface area contributed by atoms with Crippen molar-refractivity contribution in [3.63, 3.8) is 0 Å². The minimum atomic E-state index is -3.46. The summed E-state index contributed by atoms with van der Waals surface area (Å²) in [7, 11) is 0. The predicted octanol–water partition coefficient (Wildman–Crippen LogP) is 7.29. The van der Waals surface area contributed by atoms with Crippen LogP contribution in [-0.4, -0.2) is 13.1 Å². The zero-order valence-corrected chi connectivity index (χ0v) is 15.3. The van der Waals surface area contributed by atoms with Gasteiger partial charge in [0.15, 0.2) is 6.17 Å². The molecule has 0 saturated heterocycles. The monoisotopic (exact) mass is 392 g/mol. The number of hydrogen-bond donors (Lipinski definition) is 0. The summed E-state index contributed by atoms with van der Waals surface area (Å²) < 4.78 is 79.2. The lowest BCUT2D eigenvalue weighted by atomic mass is 9.68. The maximum atomic E-state index is 14.1. The van der Waals surface area contributed by atoms with Crippen LogP contribution in [0.15, 0.2) is 12.1 Å². The van der Waals surface area contributed by atoms with Crippen molar-refractivity contribution in [1.29, 1.82) is 0 Å². The van der Waals surface area contributed by atoms with E-state index in [2.05, 4.69) is 0 Å². The van der Waals surface area contributed by atoms with Gasteiger partial charge < -0.3 is 0 Å². The van der Waals surface area contributed by atoms with E-state index in [4.69, 9.17) is 0 Å². The second kappa shape index (κ2) is 8.87. The Hall–Kier alpha value is -1.20. The standard InChI is InChI=1S/C21H26F6/c22-11-12-1-3-13(4-2-12)14-5-7-15(8-6-14)16-9-17(23)19(18(24)10-16)20(25)21(26)27/h9-10,12-15,20-21H,1-8,11H2. The van der Waals surface area contributed by atoms with Gasteiger partial charge in [-0.3, -0.25) is 4.39 Å². The molecule has 0 aromatic heterocycles. The topological polar surface area (TPSA) is 0 Å². The van der Waals surface area contributed by atoms with Crippen molar-refractivity contribution in [1.82, 2.24) is 0 Å². The second-order valence-electron chi connectivity index (χ2n) is 8.18. The van der Waals surface area contributed by atoms with Gasteiger partial charge in [0.05, 0.1) is 12.2 Å². The maximum absolute atomic E-state index is 14.1. The van der Waals surface area contributed by atoms with Crippen LogP contribution in [0.4, 0.5) is 26.3 Å². The van der Waals surface area contributed by atoms with Gasteiger partial charge in [-0.15, -0.1) is 0 Å². The number of halogens is 6. The van der Waals surface area contributed by atoms with E-state index in [1.165, 1.54) is 0 Å². The molecule has 6 heteroatoms. The molecule has 0 N–H and O–H groups in total. The van der Waals surface area contributed by atoms with Gasteiger partial charge in [0, 0.05) is 0 Å². The number of rotatable bonds is 5. The zero-order chi connectivity index (χ0) is 19.6. The molecule has 0 amide bonds. The van der Waals surface area contributed by atoms with Crippen LogP contribution in [0.5, 0.6) is 0 Å². The van der Waals surface area contributed by atoms with E-state index in [0.29, 0.717) is 17.4 Å². The molecule has 1 unspecified atom stereocenters. The molecule has 0 bridgehead atoms. The highest BCUT2D eigenvalue weighted by Gasteiger charge is 2.33. The lowest BCUT2D eigenvalue weighted by Crippen LogP contribution is -2.26. The van der Waals surface area contributed by atoms with Gasteiger partial charge in [0.2, 0.25) is 0 Å². The van der Waals surface area contributed by atoms with E-state index in [1.54, 1.807) is 0 Å². The molecule has 0 heterocycles. The van der Waals surface area contributed by atoms with E-state index in [9.17, 15) is 26.3 Å². The number of hydrogen-bond acceptors (Lipinski definition) is 0. The van der Waals surface area contributed by atoms with E-state index < -0.39 is 29.8 Å². The van der Waals surface area contributed by atoms with Crippen molar-refractivity contribution < 1.29 is 26.3 Å². The first kappa shape index (κ1) is 20.5. The van der Waals surface area contributed by atoms with Crippen LogP contribution in [0, 0.1) is 29.4 Å². The largest absolute Gasteiger partial charge is 0.273 e. The molecule has 2 aliphatic carbocycles. The van der Waals surface area contributed by atoms with E-state index >= 15 is 0 Å². The Labute approximate surface area is 156 Å². The first-order chi connectivity index (χ1) is 12.9. The van der Waals surface area contributed by atoms with Crippen LogP contribution in [0.1, 0.15) is 74.6 Å². The summed E-state index contributed by atoms with van der Waals surface area (Å²) in [6, 6.07) is 2.04. The molecule has 152 valence electrons. The average molecular weight is 392 g/mol. The Morgan fingerprint density at radius 3 is 1.70 bits per heavy atom. The van der Waals surface area contributed by atoms with Crippen LogP contribution in [0.2, 0.25) is 0 Å². The van der Waals surface area contributed by atoms with Crippen LogP contribution in [0.3, 0.4) is 0 Å². The summed E-state index contributed by atoms with van der Waals surface area (Å²) in [5.41, 5.74) is -0.748. The fourth-order valence-electron chi connectivity index (χ4n) is 4.97. The smallest absolute Gasteiger partial charge is 0.251 e. The third kappa shape index (κ3) is 4.62. The third-order valence-corrected chi connectivity index (χ3v) is 6.62. The summed E-state index contributed by atoms with van der Waals surface area (Å²) in [4.78, 5) is 0. The first-order valence-corrected chi connectivity index (χ1v) is 9.87. The lowest BCUT2D eigenvalue weighted by molar-refractivity contribution is 0.0454. The Bertz CT molecular complexity index is 592. The molecule has 27 heavy (non-hydrogen) atoms. The van der Waals surface area contributed by atoms with Gasteiger partial charge in [-0.05, 0) is 92.7 Å². The highest BCUT2D eigenvalue weighted by molar-refractivity contribution is 5.30. The van der Waals surface area contributed by atoms with Gasteiger partial charge in [-0.25, -0.2) is 22.0 Å². The quantitative estimate of drug-likeness (QED) is 0.462. The zero-order valence-electron chi connectivity index (χ0n) is 15.3. The molecule has 2 fully saturated rings. The lowest BCUT2D eigenvalue weighted by Gasteiger charge is -2.37. The Balaban J connectivity index is 1.61. The van der Waals surface area contributed by atoms with Crippen LogP contribution < -0.4 is 0 Å². The summed E-state index contributed by atoms with van der Waals surface area (Å²) in [6.45, 7) is -0.238. The van der Waals surface area contributed by atoms with Gasteiger partial charge in [-0.1, -0.05) is 0 Å². The molecule has 0 nitrogen and oxygen atoms in total. The number of alkyl halides is 4. The van der Waals surface area contributed by atoms with Gasteiger partial charge in [0.25, 0.3) is 6.43 Å². The summed E-state index contributed by atoms with van der Waals surface area (Å²) in [5, 5.41) is 0. The third-order valence-electron chi connectivity index (χ3n) is 6.62. The van der Waals surface area contributed by atoms with Crippen molar-refractivity contribution >= 4 is 0 Å². The molecule has 2 saturated carbocycles. The van der Waals surface area contributed by atoms with Crippen molar-refractivity contribution in [2.75, 3.05) is 6.67 Å². The molecule has 0 aliphatic heterocycles. The summed E-state index contributed by atoms with van der Waals surface area (Å²) >= 11 is 0. The Kier molecular flexibility index (Phi) is 6.74. The molecule has 1 aromatic rings. The summed E-state index contributed by atoms with van der Waals surface area (Å²) in [6.07, 6.45) is 1.02. The van der Waals surface area contributed by atoms with Crippen molar-refractivity contribution in [3.8, 4) is 0 Å². The molecule has 1 aromatic carbocycles. The number of benzene rings is 1. The molecule has 2 aliphatic rings. The van der Waals surface area contributed by atoms with Crippen molar-refractivity contribution in [2.45, 2.75) is 69.9 Å². The molecule has 3 rings (SSSR count). The predicted molar refractivity (Wildman–Crippen MR) is 92.3 cm³/mol. The Morgan fingerprint density at radius 1 is 0.778 bits per heavy atom. The SMILES string of the molecule is FCC1CCC(C2CCC(c3cc(F)c(C(F)C(F)F)c(F)c3)CC2)CC1. The minimum Gasteiger partial charge on any atom is -0.251 e. The minimum absolute atomic E-state index is 0.0360. The van der Waals surface area contributed by atoms with Crippen LogP contribution >= 0.6 is 0 Å². The van der Waals surface area contributed by atoms with Crippen LogP contribution in [0.25, 0.3) is 0 Å². The van der Waals surface area contributed by atoms with Gasteiger partial charge >= 0.3 is 0 Å². The normalized spacial score (nSPS) is 30.5. The second-order valence-corrected chi connectivity index (χ2v) is 8.18. The highest BCUT2D eigenvalue weighted by Crippen LogP contribution is 2.44. The van der Waals surface area contributed by atoms with Crippen molar-refractivity contribution in [2.24, 2.45) is 17.8 Å². The summed E-state index contributed by atoms with van der Waals surface area (Å²) in [5.74, 6) is -1.14. The van der Waals surface area contributed by atoms with E-state index in [-0.39, 0.29) is 18.5 Å². The fraction of sp³-hybridized carbons (Fsp3) is 0.714. The molecule has 0 spiro atoms. The maximum Gasteiger partial charge on any atom is 0.273 e. The average Bonchev–Trinajstić information content (AvgIpc) is 2.67. The van der Waals surface area contributed by atoms with E-state index in [0.717, 1.165) is 63.5 Å². The first-order valence-electron chi connectivity index (χ1n) is 9.87. The van der Waals surface area contributed by atoms with Crippen LogP contribution in [-0.2, 0) is 0 Å². The fourth-order valence-corrected chi connectivity index (χ4v) is 4.97. The van der Waals surface area contributed by atoms with Crippen molar-refractivity contribution in [3.05, 3.63) is 34.9 Å². The Morgan fingerprint density at radius 2 is 1.26 bits per heavy atom. The molecular weight excluding hydrogens is 366 g/mol. The van der Waals surface area contributed by atoms with Gasteiger partial charge in [-0.2, -0.15) is 0 Å². The van der Waals surface area contributed by atoms with Gasteiger partial charge in [0.1, 0.15) is 11.6 Å². The molecular formula is C21H26F6. The molecule has 0 radical (unpaired) electrons. The van der Waals surface area contributed by atoms with E-state index in [1.807, 2.05) is 0 Å².